The lowest BCUT2D eigenvalue weighted by Crippen LogP contribution is -2.18. The van der Waals surface area contributed by atoms with Crippen molar-refractivity contribution in [2.24, 2.45) is 5.92 Å². The number of halogens is 6. The van der Waals surface area contributed by atoms with E-state index in [9.17, 15) is 0 Å². The van der Waals surface area contributed by atoms with Crippen molar-refractivity contribution in [2.75, 3.05) is 5.88 Å². The Hall–Kier alpha value is 1.48. The maximum absolute atomic E-state index is 5.79. The Labute approximate surface area is 114 Å². The fourth-order valence-corrected chi connectivity index (χ4v) is 1.90. The Morgan fingerprint density at radius 2 is 1.79 bits per heavy atom. The van der Waals surface area contributed by atoms with Gasteiger partial charge in [-0.2, -0.15) is 0 Å². The van der Waals surface area contributed by atoms with Gasteiger partial charge in [-0.1, -0.05) is 64.1 Å². The molecule has 0 aliphatic heterocycles. The first-order valence-electron chi connectivity index (χ1n) is 4.01. The highest BCUT2D eigenvalue weighted by Gasteiger charge is 2.30. The predicted molar refractivity (Wildman–Crippen MR) is 68.1 cm³/mol. The van der Waals surface area contributed by atoms with Crippen molar-refractivity contribution < 1.29 is 0 Å². The van der Waals surface area contributed by atoms with E-state index in [4.69, 9.17) is 69.6 Å². The SMILES string of the molecule is ClCCCC(CC=C(Cl)Cl)C(Cl)(Cl)Cl. The number of rotatable bonds is 5. The maximum Gasteiger partial charge on any atom is 0.193 e. The number of hydrogen-bond donors (Lipinski definition) is 0. The molecule has 0 fully saturated rings. The summed E-state index contributed by atoms with van der Waals surface area (Å²) in [5.41, 5.74) is 0. The third-order valence-corrected chi connectivity index (χ3v) is 3.21. The first kappa shape index (κ1) is 15.5. The molecule has 0 rings (SSSR count). The third kappa shape index (κ3) is 7.73. The molecule has 6 heteroatoms. The van der Waals surface area contributed by atoms with Gasteiger partial charge in [-0.3, -0.25) is 0 Å². The van der Waals surface area contributed by atoms with Crippen molar-refractivity contribution >= 4 is 69.6 Å². The van der Waals surface area contributed by atoms with Gasteiger partial charge >= 0.3 is 0 Å². The monoisotopic (exact) mass is 316 g/mol. The Balaban J connectivity index is 4.19. The Bertz CT molecular complexity index is 179. The summed E-state index contributed by atoms with van der Waals surface area (Å²) >= 11 is 33.9. The average molecular weight is 319 g/mol. The van der Waals surface area contributed by atoms with Crippen molar-refractivity contribution in [3.8, 4) is 0 Å². The van der Waals surface area contributed by atoms with E-state index in [1.165, 1.54) is 0 Å². The summed E-state index contributed by atoms with van der Waals surface area (Å²) in [6, 6.07) is 0. The molecule has 0 aromatic rings. The zero-order valence-corrected chi connectivity index (χ0v) is 11.8. The molecular formula is C8H10Cl6. The van der Waals surface area contributed by atoms with Gasteiger partial charge in [0.1, 0.15) is 4.49 Å². The second-order valence-electron chi connectivity index (χ2n) is 2.80. The first-order valence-corrected chi connectivity index (χ1v) is 6.44. The summed E-state index contributed by atoms with van der Waals surface area (Å²) in [7, 11) is 0. The number of hydrogen-bond acceptors (Lipinski definition) is 0. The van der Waals surface area contributed by atoms with Gasteiger partial charge in [-0.15, -0.1) is 11.6 Å². The zero-order valence-electron chi connectivity index (χ0n) is 7.25. The van der Waals surface area contributed by atoms with Crippen LogP contribution in [-0.4, -0.2) is 9.67 Å². The van der Waals surface area contributed by atoms with Gasteiger partial charge in [0.05, 0.1) is 0 Å². The molecule has 1 unspecified atom stereocenters. The molecule has 0 aromatic heterocycles. The summed E-state index contributed by atoms with van der Waals surface area (Å²) in [6.45, 7) is 0. The minimum atomic E-state index is -1.30. The zero-order chi connectivity index (χ0) is 11.2. The van der Waals surface area contributed by atoms with Gasteiger partial charge in [0.25, 0.3) is 0 Å². The van der Waals surface area contributed by atoms with Gasteiger partial charge in [0.2, 0.25) is 0 Å². The highest BCUT2D eigenvalue weighted by atomic mass is 35.6. The molecule has 0 aliphatic rings. The lowest BCUT2D eigenvalue weighted by atomic mass is 10.0. The van der Waals surface area contributed by atoms with Crippen molar-refractivity contribution in [2.45, 2.75) is 23.1 Å². The number of alkyl halides is 4. The second kappa shape index (κ2) is 7.70. The topological polar surface area (TPSA) is 0 Å². The molecule has 0 aliphatic carbocycles. The van der Waals surface area contributed by atoms with Crippen molar-refractivity contribution in [1.82, 2.24) is 0 Å². The van der Waals surface area contributed by atoms with Crippen molar-refractivity contribution in [3.05, 3.63) is 10.6 Å². The van der Waals surface area contributed by atoms with E-state index in [2.05, 4.69) is 0 Å². The minimum Gasteiger partial charge on any atom is -0.127 e. The molecule has 0 saturated carbocycles. The second-order valence-corrected chi connectivity index (χ2v) is 6.55. The smallest absolute Gasteiger partial charge is 0.127 e. The molecule has 0 amide bonds. The largest absolute Gasteiger partial charge is 0.193 e. The molecule has 0 aromatic carbocycles. The van der Waals surface area contributed by atoms with Crippen LogP contribution in [-0.2, 0) is 0 Å². The van der Waals surface area contributed by atoms with Gasteiger partial charge in [-0.25, -0.2) is 0 Å². The Morgan fingerprint density at radius 1 is 1.21 bits per heavy atom. The van der Waals surface area contributed by atoms with E-state index in [-0.39, 0.29) is 10.4 Å². The number of allylic oxidation sites excluding steroid dienone is 1. The molecule has 0 bridgehead atoms. The predicted octanol–water partition coefficient (Wildman–Crippen LogP) is 5.70. The molecule has 84 valence electrons. The summed E-state index contributed by atoms with van der Waals surface area (Å²) < 4.78 is -1.11. The van der Waals surface area contributed by atoms with Gasteiger partial charge in [-0.05, 0) is 19.3 Å². The molecule has 1 atom stereocenters. The van der Waals surface area contributed by atoms with E-state index < -0.39 is 3.79 Å². The Kier molecular flexibility index (Phi) is 8.52. The van der Waals surface area contributed by atoms with Crippen LogP contribution in [0.15, 0.2) is 10.6 Å². The maximum atomic E-state index is 5.79. The van der Waals surface area contributed by atoms with Gasteiger partial charge in [0, 0.05) is 11.8 Å². The van der Waals surface area contributed by atoms with Crippen LogP contribution in [0.3, 0.4) is 0 Å². The summed E-state index contributed by atoms with van der Waals surface area (Å²) in [6.07, 6.45) is 3.70. The molecule has 14 heavy (non-hydrogen) atoms. The van der Waals surface area contributed by atoms with E-state index >= 15 is 0 Å². The van der Waals surface area contributed by atoms with Crippen molar-refractivity contribution in [3.63, 3.8) is 0 Å². The first-order chi connectivity index (χ1) is 6.38. The lowest BCUT2D eigenvalue weighted by molar-refractivity contribution is 0.495. The van der Waals surface area contributed by atoms with E-state index in [1.54, 1.807) is 6.08 Å². The van der Waals surface area contributed by atoms with Crippen LogP contribution in [0.5, 0.6) is 0 Å². The molecule has 0 spiro atoms. The molecule has 0 nitrogen and oxygen atoms in total. The van der Waals surface area contributed by atoms with Crippen LogP contribution in [0.25, 0.3) is 0 Å². The normalized spacial score (nSPS) is 13.9. The third-order valence-electron chi connectivity index (χ3n) is 1.71. The van der Waals surface area contributed by atoms with Crippen LogP contribution in [0.4, 0.5) is 0 Å². The average Bonchev–Trinajstić information content (AvgIpc) is 2.01. The minimum absolute atomic E-state index is 0.112. The quantitative estimate of drug-likeness (QED) is 0.570. The summed E-state index contributed by atoms with van der Waals surface area (Å²) in [5, 5.41) is 0. The van der Waals surface area contributed by atoms with Crippen LogP contribution in [0.2, 0.25) is 0 Å². The summed E-state index contributed by atoms with van der Waals surface area (Å²) in [4.78, 5) is 0. The van der Waals surface area contributed by atoms with Crippen LogP contribution < -0.4 is 0 Å². The standard InChI is InChI=1S/C8H10Cl6/c9-5-1-2-6(8(12,13)14)3-4-7(10)11/h4,6H,1-3,5H2. The van der Waals surface area contributed by atoms with E-state index in [1.807, 2.05) is 0 Å². The van der Waals surface area contributed by atoms with Crippen molar-refractivity contribution in [1.29, 1.82) is 0 Å². The Morgan fingerprint density at radius 3 is 2.14 bits per heavy atom. The molecule has 0 saturated heterocycles. The van der Waals surface area contributed by atoms with Gasteiger partial charge in [0.15, 0.2) is 3.79 Å². The summed E-state index contributed by atoms with van der Waals surface area (Å²) in [5.74, 6) is 0.439. The molecular weight excluding hydrogens is 309 g/mol. The fraction of sp³-hybridized carbons (Fsp3) is 0.750. The van der Waals surface area contributed by atoms with Crippen LogP contribution in [0.1, 0.15) is 19.3 Å². The fourth-order valence-electron chi connectivity index (χ4n) is 0.970. The lowest BCUT2D eigenvalue weighted by Gasteiger charge is -2.22. The highest BCUT2D eigenvalue weighted by Crippen LogP contribution is 2.40. The van der Waals surface area contributed by atoms with Crippen LogP contribution in [0, 0.1) is 5.92 Å². The highest BCUT2D eigenvalue weighted by molar-refractivity contribution is 6.67. The van der Waals surface area contributed by atoms with Crippen LogP contribution >= 0.6 is 69.6 Å². The van der Waals surface area contributed by atoms with Gasteiger partial charge < -0.3 is 0 Å². The van der Waals surface area contributed by atoms with E-state index in [0.29, 0.717) is 12.3 Å². The molecule has 0 heterocycles. The molecule has 0 N–H and O–H groups in total. The van der Waals surface area contributed by atoms with E-state index in [0.717, 1.165) is 12.8 Å². The molecule has 0 radical (unpaired) electrons.